The fourth-order valence-corrected chi connectivity index (χ4v) is 1.50. The zero-order chi connectivity index (χ0) is 12.8. The highest BCUT2D eigenvalue weighted by atomic mass is 127. The molecule has 17 heavy (non-hydrogen) atoms. The van der Waals surface area contributed by atoms with Gasteiger partial charge in [-0.2, -0.15) is 0 Å². The summed E-state index contributed by atoms with van der Waals surface area (Å²) in [7, 11) is 0. The third kappa shape index (κ3) is 4.70. The van der Waals surface area contributed by atoms with E-state index in [0.717, 1.165) is 5.56 Å². The molecule has 0 fully saturated rings. The Morgan fingerprint density at radius 2 is 2.18 bits per heavy atom. The molecule has 0 aliphatic heterocycles. The fourth-order valence-electron chi connectivity index (χ4n) is 1.31. The summed E-state index contributed by atoms with van der Waals surface area (Å²) in [6.07, 6.45) is 0.239. The number of benzene rings is 1. The molecular weight excluding hydrogens is 335 g/mol. The normalized spacial score (nSPS) is 11.9. The molecule has 0 heterocycles. The van der Waals surface area contributed by atoms with Crippen molar-refractivity contribution in [1.82, 2.24) is 0 Å². The summed E-state index contributed by atoms with van der Waals surface area (Å²) in [4.78, 5) is 21.8. The van der Waals surface area contributed by atoms with Crippen LogP contribution in [-0.4, -0.2) is 27.5 Å². The van der Waals surface area contributed by atoms with E-state index in [0.29, 0.717) is 10.1 Å². The van der Waals surface area contributed by atoms with Crippen molar-refractivity contribution in [3.05, 3.63) is 29.8 Å². The quantitative estimate of drug-likeness (QED) is 0.547. The van der Waals surface area contributed by atoms with Gasteiger partial charge in [-0.25, -0.2) is 0 Å². The smallest absolute Gasteiger partial charge is 0.320 e. The second kappa shape index (κ2) is 6.55. The van der Waals surface area contributed by atoms with Gasteiger partial charge in [0.15, 0.2) is 0 Å². The van der Waals surface area contributed by atoms with Gasteiger partial charge >= 0.3 is 5.97 Å². The SMILES string of the molecule is N[C@@H](Cc1cccc(NC(=O)CI)c1)C(=O)O. The van der Waals surface area contributed by atoms with Gasteiger partial charge in [-0.1, -0.05) is 34.7 Å². The van der Waals surface area contributed by atoms with Crippen molar-refractivity contribution < 1.29 is 14.7 Å². The fraction of sp³-hybridized carbons (Fsp3) is 0.273. The van der Waals surface area contributed by atoms with Gasteiger partial charge in [0.2, 0.25) is 5.91 Å². The van der Waals surface area contributed by atoms with E-state index >= 15 is 0 Å². The summed E-state index contributed by atoms with van der Waals surface area (Å²) in [6.45, 7) is 0. The number of anilines is 1. The summed E-state index contributed by atoms with van der Waals surface area (Å²) in [5.41, 5.74) is 6.88. The molecule has 0 aliphatic rings. The lowest BCUT2D eigenvalue weighted by molar-refractivity contribution is -0.138. The molecule has 92 valence electrons. The number of nitrogens with two attached hydrogens (primary N) is 1. The van der Waals surface area contributed by atoms with Crippen molar-refractivity contribution >= 4 is 40.2 Å². The van der Waals surface area contributed by atoms with E-state index in [4.69, 9.17) is 10.8 Å². The van der Waals surface area contributed by atoms with Crippen LogP contribution >= 0.6 is 22.6 Å². The van der Waals surface area contributed by atoms with Crippen LogP contribution in [0.1, 0.15) is 5.56 Å². The zero-order valence-corrected chi connectivity index (χ0v) is 11.2. The zero-order valence-electron chi connectivity index (χ0n) is 9.02. The van der Waals surface area contributed by atoms with Gasteiger partial charge in [-0.15, -0.1) is 0 Å². The van der Waals surface area contributed by atoms with Gasteiger partial charge < -0.3 is 16.2 Å². The Labute approximate surface area is 113 Å². The molecule has 0 saturated heterocycles. The van der Waals surface area contributed by atoms with Crippen LogP contribution < -0.4 is 11.1 Å². The summed E-state index contributed by atoms with van der Waals surface area (Å²) in [5, 5.41) is 11.4. The van der Waals surface area contributed by atoms with Crippen molar-refractivity contribution in [2.24, 2.45) is 5.73 Å². The molecule has 0 aliphatic carbocycles. The molecule has 1 amide bonds. The van der Waals surface area contributed by atoms with Crippen LogP contribution in [0.2, 0.25) is 0 Å². The number of rotatable bonds is 5. The summed E-state index contributed by atoms with van der Waals surface area (Å²) < 4.78 is 0.372. The third-order valence-electron chi connectivity index (χ3n) is 2.10. The Morgan fingerprint density at radius 1 is 1.47 bits per heavy atom. The first-order valence-electron chi connectivity index (χ1n) is 4.96. The number of carbonyl (C=O) groups excluding carboxylic acids is 1. The average molecular weight is 348 g/mol. The van der Waals surface area contributed by atoms with Crippen molar-refractivity contribution in [3.63, 3.8) is 0 Å². The van der Waals surface area contributed by atoms with Crippen LogP contribution in [0.25, 0.3) is 0 Å². The number of carboxylic acid groups (broad SMARTS) is 1. The van der Waals surface area contributed by atoms with Gasteiger partial charge in [-0.05, 0) is 24.1 Å². The Balaban J connectivity index is 2.72. The molecule has 0 spiro atoms. The molecule has 1 aromatic carbocycles. The molecular formula is C11H13IN2O3. The molecule has 0 radical (unpaired) electrons. The van der Waals surface area contributed by atoms with E-state index in [1.165, 1.54) is 0 Å². The third-order valence-corrected chi connectivity index (χ3v) is 2.80. The van der Waals surface area contributed by atoms with Gasteiger partial charge in [0.25, 0.3) is 0 Å². The topological polar surface area (TPSA) is 92.4 Å². The predicted octanol–water partition coefficient (Wildman–Crippen LogP) is 1.01. The van der Waals surface area contributed by atoms with Gasteiger partial charge in [0, 0.05) is 5.69 Å². The molecule has 1 rings (SSSR count). The van der Waals surface area contributed by atoms with Crippen molar-refractivity contribution in [3.8, 4) is 0 Å². The maximum absolute atomic E-state index is 11.2. The largest absolute Gasteiger partial charge is 0.480 e. The first kappa shape index (κ1) is 13.9. The molecule has 4 N–H and O–H groups in total. The first-order chi connectivity index (χ1) is 8.02. The van der Waals surface area contributed by atoms with Gasteiger partial charge in [0.1, 0.15) is 6.04 Å². The number of amides is 1. The Bertz CT molecular complexity index is 423. The van der Waals surface area contributed by atoms with Crippen molar-refractivity contribution in [2.75, 3.05) is 9.74 Å². The molecule has 0 saturated carbocycles. The number of halogens is 1. The molecule has 5 nitrogen and oxygen atoms in total. The molecule has 0 unspecified atom stereocenters. The highest BCUT2D eigenvalue weighted by molar-refractivity contribution is 14.1. The molecule has 6 heteroatoms. The minimum atomic E-state index is -1.04. The molecule has 0 bridgehead atoms. The predicted molar refractivity (Wildman–Crippen MR) is 73.3 cm³/mol. The Morgan fingerprint density at radius 3 is 2.76 bits per heavy atom. The van der Waals surface area contributed by atoms with Gasteiger partial charge in [0.05, 0.1) is 4.43 Å². The highest BCUT2D eigenvalue weighted by Crippen LogP contribution is 2.12. The lowest BCUT2D eigenvalue weighted by Gasteiger charge is -2.08. The van der Waals surface area contributed by atoms with Crippen LogP contribution in [0.3, 0.4) is 0 Å². The van der Waals surface area contributed by atoms with E-state index in [2.05, 4.69) is 5.32 Å². The Kier molecular flexibility index (Phi) is 5.36. The number of carbonyl (C=O) groups is 2. The second-order valence-corrected chi connectivity index (χ2v) is 4.29. The number of aliphatic carboxylic acids is 1. The van der Waals surface area contributed by atoms with Crippen LogP contribution in [-0.2, 0) is 16.0 Å². The average Bonchev–Trinajstić information content (AvgIpc) is 2.29. The minimum Gasteiger partial charge on any atom is -0.480 e. The van der Waals surface area contributed by atoms with Crippen LogP contribution in [0.4, 0.5) is 5.69 Å². The van der Waals surface area contributed by atoms with Gasteiger partial charge in [-0.3, -0.25) is 9.59 Å². The summed E-state index contributed by atoms with van der Waals surface area (Å²) in [5.74, 6) is -1.13. The standard InChI is InChI=1S/C11H13IN2O3/c12-6-10(15)14-8-3-1-2-7(4-8)5-9(13)11(16)17/h1-4,9H,5-6,13H2,(H,14,15)(H,16,17)/t9-/m0/s1. The minimum absolute atomic E-state index is 0.0923. The number of nitrogens with one attached hydrogen (secondary N) is 1. The lowest BCUT2D eigenvalue weighted by Crippen LogP contribution is -2.32. The van der Waals surface area contributed by atoms with E-state index < -0.39 is 12.0 Å². The summed E-state index contributed by atoms with van der Waals surface area (Å²) >= 11 is 1.97. The van der Waals surface area contributed by atoms with E-state index in [1.54, 1.807) is 24.3 Å². The molecule has 1 aromatic rings. The number of carboxylic acids is 1. The van der Waals surface area contributed by atoms with E-state index in [1.807, 2.05) is 22.6 Å². The van der Waals surface area contributed by atoms with E-state index in [9.17, 15) is 9.59 Å². The number of alkyl halides is 1. The lowest BCUT2D eigenvalue weighted by atomic mass is 10.1. The second-order valence-electron chi connectivity index (χ2n) is 3.53. The van der Waals surface area contributed by atoms with Crippen molar-refractivity contribution in [1.29, 1.82) is 0 Å². The monoisotopic (exact) mass is 348 g/mol. The maximum Gasteiger partial charge on any atom is 0.320 e. The van der Waals surface area contributed by atoms with Crippen LogP contribution in [0.15, 0.2) is 24.3 Å². The molecule has 0 aromatic heterocycles. The van der Waals surface area contributed by atoms with Crippen LogP contribution in [0, 0.1) is 0 Å². The van der Waals surface area contributed by atoms with Crippen LogP contribution in [0.5, 0.6) is 0 Å². The number of hydrogen-bond acceptors (Lipinski definition) is 3. The maximum atomic E-state index is 11.2. The first-order valence-corrected chi connectivity index (χ1v) is 6.48. The Hall–Kier alpha value is -1.15. The molecule has 1 atom stereocenters. The van der Waals surface area contributed by atoms with Crippen molar-refractivity contribution in [2.45, 2.75) is 12.5 Å². The van der Waals surface area contributed by atoms with E-state index in [-0.39, 0.29) is 12.3 Å². The number of hydrogen-bond donors (Lipinski definition) is 3. The highest BCUT2D eigenvalue weighted by Gasteiger charge is 2.12. The summed E-state index contributed by atoms with van der Waals surface area (Å²) in [6, 6.07) is 6.09.